The van der Waals surface area contributed by atoms with Crippen molar-refractivity contribution in [1.82, 2.24) is 0 Å². The molecule has 1 rings (SSSR count). The third-order valence-corrected chi connectivity index (χ3v) is 5.46. The lowest BCUT2D eigenvalue weighted by atomic mass is 10.3. The first-order chi connectivity index (χ1) is 7.29. The summed E-state index contributed by atoms with van der Waals surface area (Å²) in [5.41, 5.74) is 0. The van der Waals surface area contributed by atoms with Gasteiger partial charge in [-0.25, -0.2) is 17.6 Å². The van der Waals surface area contributed by atoms with E-state index < -0.39 is 40.9 Å². The van der Waals surface area contributed by atoms with Crippen LogP contribution in [0.4, 0.5) is 17.6 Å². The van der Waals surface area contributed by atoms with Gasteiger partial charge in [0.15, 0.2) is 23.3 Å². The van der Waals surface area contributed by atoms with Crippen LogP contribution < -0.4 is 10.4 Å². The number of hydrogen-bond donors (Lipinski definition) is 0. The average Bonchev–Trinajstić information content (AvgIpc) is 2.18. The Morgan fingerprint density at radius 2 is 0.812 bits per heavy atom. The minimum Gasteiger partial charge on any atom is -0.204 e. The van der Waals surface area contributed by atoms with Crippen molar-refractivity contribution in [3.63, 3.8) is 0 Å². The van der Waals surface area contributed by atoms with E-state index in [4.69, 9.17) is 0 Å². The first kappa shape index (κ1) is 13.4. The maximum absolute atomic E-state index is 13.6. The molecule has 0 saturated carbocycles. The lowest BCUT2D eigenvalue weighted by molar-refractivity contribution is 0.415. The zero-order chi connectivity index (χ0) is 12.6. The van der Waals surface area contributed by atoms with Gasteiger partial charge < -0.3 is 0 Å². The first-order valence-corrected chi connectivity index (χ1v) is 9.76. The maximum Gasteiger partial charge on any atom is 0.197 e. The van der Waals surface area contributed by atoms with Crippen LogP contribution in [0.15, 0.2) is 0 Å². The van der Waals surface area contributed by atoms with Crippen molar-refractivity contribution in [2.75, 3.05) is 0 Å². The average molecular weight is 264 g/mol. The smallest absolute Gasteiger partial charge is 0.197 e. The Morgan fingerprint density at radius 1 is 0.562 bits per heavy atom. The van der Waals surface area contributed by atoms with Crippen LogP contribution in [-0.2, 0) is 0 Å². The third-order valence-electron chi connectivity index (χ3n) is 2.27. The second-order valence-electron chi connectivity index (χ2n) is 4.01. The molecular formula is C10H12F4Si2. The summed E-state index contributed by atoms with van der Waals surface area (Å²) in [4.78, 5) is 0. The lowest BCUT2D eigenvalue weighted by Gasteiger charge is -2.17. The molecule has 0 unspecified atom stereocenters. The molecule has 0 amide bonds. The van der Waals surface area contributed by atoms with Crippen LogP contribution in [0.25, 0.3) is 0 Å². The molecule has 1 aromatic carbocycles. The highest BCUT2D eigenvalue weighted by molar-refractivity contribution is 6.82. The zero-order valence-electron chi connectivity index (χ0n) is 9.51. The van der Waals surface area contributed by atoms with Crippen LogP contribution in [0.1, 0.15) is 0 Å². The summed E-state index contributed by atoms with van der Waals surface area (Å²) in [6.07, 6.45) is 0. The molecule has 0 aliphatic rings. The predicted octanol–water partition coefficient (Wildman–Crippen LogP) is 2.17. The van der Waals surface area contributed by atoms with Gasteiger partial charge in [0.25, 0.3) is 0 Å². The highest BCUT2D eigenvalue weighted by atomic mass is 28.3. The van der Waals surface area contributed by atoms with Gasteiger partial charge in [-0.1, -0.05) is 26.2 Å². The minimum atomic E-state index is -1.69. The van der Waals surface area contributed by atoms with E-state index in [1.165, 1.54) is 0 Å². The first-order valence-electron chi connectivity index (χ1n) is 4.76. The highest BCUT2D eigenvalue weighted by Gasteiger charge is 2.28. The summed E-state index contributed by atoms with van der Waals surface area (Å²) >= 11 is 0. The van der Waals surface area contributed by atoms with E-state index in [0.29, 0.717) is 0 Å². The van der Waals surface area contributed by atoms with Gasteiger partial charge in [-0.05, 0) is 10.4 Å². The molecule has 0 nitrogen and oxygen atoms in total. The lowest BCUT2D eigenvalue weighted by Crippen LogP contribution is -2.49. The minimum absolute atomic E-state index is 0.0697. The molecular weight excluding hydrogens is 252 g/mol. The molecule has 0 atom stereocenters. The van der Waals surface area contributed by atoms with Gasteiger partial charge in [-0.15, -0.1) is 0 Å². The van der Waals surface area contributed by atoms with Gasteiger partial charge in [0, 0.05) is 0 Å². The summed E-state index contributed by atoms with van der Waals surface area (Å²) in [5, 5.41) is 0.139. The van der Waals surface area contributed by atoms with Gasteiger partial charge >= 0.3 is 0 Å². The second-order valence-corrected chi connectivity index (χ2v) is 9.01. The quantitative estimate of drug-likeness (QED) is 0.332. The van der Waals surface area contributed by atoms with Gasteiger partial charge in [0.1, 0.15) is 0 Å². The Kier molecular flexibility index (Phi) is 3.95. The predicted molar refractivity (Wildman–Crippen MR) is 60.5 cm³/mol. The Labute approximate surface area is 95.5 Å². The van der Waals surface area contributed by atoms with Crippen molar-refractivity contribution < 1.29 is 17.6 Å². The third kappa shape index (κ3) is 2.08. The number of benzene rings is 1. The molecule has 6 heteroatoms. The van der Waals surface area contributed by atoms with E-state index >= 15 is 0 Å². The molecule has 0 aliphatic carbocycles. The summed E-state index contributed by atoms with van der Waals surface area (Å²) in [7, 11) is -2.75. The van der Waals surface area contributed by atoms with E-state index in [0.717, 1.165) is 0 Å². The summed E-state index contributed by atoms with van der Waals surface area (Å²) in [5.74, 6) is -5.80. The van der Waals surface area contributed by atoms with E-state index in [1.807, 2.05) is 0 Å². The summed E-state index contributed by atoms with van der Waals surface area (Å²) < 4.78 is 53.3. The fraction of sp³-hybridized carbons (Fsp3) is 0.400. The summed E-state index contributed by atoms with van der Waals surface area (Å²) in [6.45, 7) is 6.92. The van der Waals surface area contributed by atoms with E-state index in [2.05, 4.69) is 0 Å². The molecule has 88 valence electrons. The van der Waals surface area contributed by atoms with Crippen molar-refractivity contribution in [2.45, 2.75) is 26.2 Å². The normalized spacial score (nSPS) is 11.6. The molecule has 0 heterocycles. The van der Waals surface area contributed by atoms with Crippen molar-refractivity contribution in [3.05, 3.63) is 23.3 Å². The van der Waals surface area contributed by atoms with E-state index in [9.17, 15) is 17.6 Å². The van der Waals surface area contributed by atoms with Crippen LogP contribution in [0.3, 0.4) is 0 Å². The molecule has 0 bridgehead atoms. The molecule has 1 aromatic rings. The number of halogens is 4. The van der Waals surface area contributed by atoms with Crippen LogP contribution in [0.2, 0.25) is 26.2 Å². The largest absolute Gasteiger partial charge is 0.204 e. The van der Waals surface area contributed by atoms with E-state index in [1.54, 1.807) is 26.2 Å². The van der Waals surface area contributed by atoms with Crippen molar-refractivity contribution in [2.24, 2.45) is 0 Å². The Hall–Kier alpha value is -0.626. The maximum atomic E-state index is 13.6. The molecule has 16 heavy (non-hydrogen) atoms. The SMILES string of the molecule is C[Si](C)c1c(F)c(F)c(F)c(F)c1[Si](C)C. The van der Waals surface area contributed by atoms with Gasteiger partial charge in [0.05, 0.1) is 17.6 Å². The van der Waals surface area contributed by atoms with Gasteiger partial charge in [-0.3, -0.25) is 0 Å². The monoisotopic (exact) mass is 264 g/mol. The van der Waals surface area contributed by atoms with Crippen molar-refractivity contribution in [1.29, 1.82) is 0 Å². The topological polar surface area (TPSA) is 0 Å². The molecule has 0 spiro atoms. The van der Waals surface area contributed by atoms with E-state index in [-0.39, 0.29) is 10.4 Å². The molecule has 0 saturated heterocycles. The highest BCUT2D eigenvalue weighted by Crippen LogP contribution is 2.12. The van der Waals surface area contributed by atoms with Gasteiger partial charge in [0.2, 0.25) is 0 Å². The van der Waals surface area contributed by atoms with Crippen LogP contribution in [-0.4, -0.2) is 17.6 Å². The van der Waals surface area contributed by atoms with Crippen LogP contribution in [0, 0.1) is 23.3 Å². The molecule has 0 aliphatic heterocycles. The zero-order valence-corrected chi connectivity index (χ0v) is 11.5. The molecule has 0 N–H and O–H groups in total. The molecule has 0 fully saturated rings. The van der Waals surface area contributed by atoms with Crippen molar-refractivity contribution >= 4 is 28.0 Å². The number of rotatable bonds is 2. The number of hydrogen-bond acceptors (Lipinski definition) is 0. The second kappa shape index (κ2) is 4.71. The van der Waals surface area contributed by atoms with Crippen LogP contribution in [0.5, 0.6) is 0 Å². The fourth-order valence-electron chi connectivity index (χ4n) is 1.57. The van der Waals surface area contributed by atoms with Crippen molar-refractivity contribution in [3.8, 4) is 0 Å². The Morgan fingerprint density at radius 3 is 1.00 bits per heavy atom. The van der Waals surface area contributed by atoms with Gasteiger partial charge in [-0.2, -0.15) is 0 Å². The summed E-state index contributed by atoms with van der Waals surface area (Å²) in [6, 6.07) is 0. The molecule has 2 radical (unpaired) electrons. The molecule has 0 aromatic heterocycles. The van der Waals surface area contributed by atoms with Crippen LogP contribution >= 0.6 is 0 Å². The fourth-order valence-corrected chi connectivity index (χ4v) is 5.39. The Balaban J connectivity index is 3.69. The standard InChI is InChI=1S/C10H12F4Si2/c1-15(2)9-7(13)5(11)6(12)8(14)10(9)16(3)4/h1-4H3. The Bertz CT molecular complexity index is 377.